The summed E-state index contributed by atoms with van der Waals surface area (Å²) in [7, 11) is 0. The van der Waals surface area contributed by atoms with Crippen molar-refractivity contribution in [3.63, 3.8) is 0 Å². The lowest BCUT2D eigenvalue weighted by Crippen LogP contribution is -2.01. The van der Waals surface area contributed by atoms with Crippen molar-refractivity contribution in [2.75, 3.05) is 6.54 Å². The fraction of sp³-hybridized carbons (Fsp3) is 0.700. The molecule has 0 unspecified atom stereocenters. The van der Waals surface area contributed by atoms with Crippen LogP contribution in [0.15, 0.2) is 10.6 Å². The Bertz CT molecular complexity index is 241. The van der Waals surface area contributed by atoms with Crippen molar-refractivity contribution in [1.29, 1.82) is 0 Å². The molecule has 0 amide bonds. The molecule has 1 heterocycles. The van der Waals surface area contributed by atoms with E-state index in [-0.39, 0.29) is 0 Å². The molecular weight excluding hydrogens is 164 g/mol. The zero-order valence-corrected chi connectivity index (χ0v) is 8.42. The molecule has 2 N–H and O–H groups in total. The van der Waals surface area contributed by atoms with E-state index >= 15 is 0 Å². The number of nitrogens with zero attached hydrogens (tertiary/aromatic N) is 1. The molecule has 0 spiro atoms. The first-order valence-electron chi connectivity index (χ1n) is 4.97. The van der Waals surface area contributed by atoms with Crippen molar-refractivity contribution in [3.05, 3.63) is 17.5 Å². The molecule has 0 aliphatic heterocycles. The summed E-state index contributed by atoms with van der Waals surface area (Å²) in [6.07, 6.45) is 3.02. The fourth-order valence-electron chi connectivity index (χ4n) is 1.49. The molecule has 1 aromatic rings. The summed E-state index contributed by atoms with van der Waals surface area (Å²) in [5.41, 5.74) is 6.50. The third-order valence-electron chi connectivity index (χ3n) is 2.37. The van der Waals surface area contributed by atoms with E-state index in [4.69, 9.17) is 10.3 Å². The van der Waals surface area contributed by atoms with Crippen molar-refractivity contribution in [3.8, 4) is 0 Å². The van der Waals surface area contributed by atoms with Crippen LogP contribution in [0.3, 0.4) is 0 Å². The van der Waals surface area contributed by atoms with Gasteiger partial charge in [0.2, 0.25) is 0 Å². The highest BCUT2D eigenvalue weighted by Gasteiger charge is 2.11. The number of nitrogens with two attached hydrogens (primary N) is 1. The summed E-state index contributed by atoms with van der Waals surface area (Å²) < 4.78 is 5.16. The van der Waals surface area contributed by atoms with E-state index in [1.54, 1.807) is 0 Å². The van der Waals surface area contributed by atoms with Gasteiger partial charge in [-0.15, -0.1) is 0 Å². The Balaban J connectivity index is 2.66. The Labute approximate surface area is 79.3 Å². The van der Waals surface area contributed by atoms with Gasteiger partial charge in [-0.3, -0.25) is 0 Å². The van der Waals surface area contributed by atoms with Gasteiger partial charge in [-0.2, -0.15) is 0 Å². The minimum absolute atomic E-state index is 0.537. The van der Waals surface area contributed by atoms with E-state index in [9.17, 15) is 0 Å². The summed E-state index contributed by atoms with van der Waals surface area (Å²) in [4.78, 5) is 0. The maximum Gasteiger partial charge on any atom is 0.138 e. The van der Waals surface area contributed by atoms with Crippen LogP contribution in [-0.2, 0) is 6.42 Å². The largest absolute Gasteiger partial charge is 0.361 e. The second kappa shape index (κ2) is 5.02. The van der Waals surface area contributed by atoms with E-state index in [1.807, 2.05) is 6.07 Å². The van der Waals surface area contributed by atoms with Crippen molar-refractivity contribution < 1.29 is 4.52 Å². The summed E-state index contributed by atoms with van der Waals surface area (Å²) in [5.74, 6) is 1.44. The second-order valence-corrected chi connectivity index (χ2v) is 3.27. The zero-order valence-electron chi connectivity index (χ0n) is 8.42. The van der Waals surface area contributed by atoms with Crippen LogP contribution in [0.1, 0.15) is 44.1 Å². The molecule has 3 nitrogen and oxygen atoms in total. The molecule has 3 heteroatoms. The van der Waals surface area contributed by atoms with Gasteiger partial charge in [0, 0.05) is 18.4 Å². The molecule has 0 aliphatic rings. The molecule has 13 heavy (non-hydrogen) atoms. The van der Waals surface area contributed by atoms with Crippen LogP contribution in [0, 0.1) is 0 Å². The van der Waals surface area contributed by atoms with E-state index in [0.717, 1.165) is 30.7 Å². The molecule has 1 rings (SSSR count). The van der Waals surface area contributed by atoms with E-state index in [0.29, 0.717) is 12.5 Å². The maximum absolute atomic E-state index is 5.42. The maximum atomic E-state index is 5.42. The Morgan fingerprint density at radius 2 is 2.15 bits per heavy atom. The molecule has 0 fully saturated rings. The molecule has 0 saturated carbocycles. The SMILES string of the molecule is CCC(CC)c1cc(CCN)on1. The average Bonchev–Trinajstić information content (AvgIpc) is 2.56. The summed E-state index contributed by atoms with van der Waals surface area (Å²) in [6.45, 7) is 4.97. The molecule has 0 saturated heterocycles. The molecular formula is C10H18N2O. The van der Waals surface area contributed by atoms with Crippen molar-refractivity contribution in [2.24, 2.45) is 5.73 Å². The Kier molecular flexibility index (Phi) is 3.96. The van der Waals surface area contributed by atoms with Crippen LogP contribution < -0.4 is 5.73 Å². The van der Waals surface area contributed by atoms with Gasteiger partial charge in [-0.05, 0) is 19.4 Å². The van der Waals surface area contributed by atoms with Crippen molar-refractivity contribution in [2.45, 2.75) is 39.0 Å². The normalized spacial score (nSPS) is 11.1. The Morgan fingerprint density at radius 1 is 1.46 bits per heavy atom. The summed E-state index contributed by atoms with van der Waals surface area (Å²) in [5, 5.41) is 4.05. The average molecular weight is 182 g/mol. The van der Waals surface area contributed by atoms with Crippen molar-refractivity contribution in [1.82, 2.24) is 5.16 Å². The zero-order chi connectivity index (χ0) is 9.68. The lowest BCUT2D eigenvalue weighted by Gasteiger charge is -2.05. The third-order valence-corrected chi connectivity index (χ3v) is 2.37. The Morgan fingerprint density at radius 3 is 2.69 bits per heavy atom. The first-order chi connectivity index (χ1) is 6.31. The van der Waals surface area contributed by atoms with Crippen LogP contribution >= 0.6 is 0 Å². The number of aromatic nitrogens is 1. The lowest BCUT2D eigenvalue weighted by molar-refractivity contribution is 0.372. The second-order valence-electron chi connectivity index (χ2n) is 3.27. The molecule has 0 aromatic carbocycles. The van der Waals surface area contributed by atoms with Gasteiger partial charge in [0.25, 0.3) is 0 Å². The van der Waals surface area contributed by atoms with Crippen LogP contribution in [0.2, 0.25) is 0 Å². The van der Waals surface area contributed by atoms with Gasteiger partial charge < -0.3 is 10.3 Å². The highest BCUT2D eigenvalue weighted by molar-refractivity contribution is 5.10. The van der Waals surface area contributed by atoms with Crippen LogP contribution in [-0.4, -0.2) is 11.7 Å². The van der Waals surface area contributed by atoms with Crippen LogP contribution in [0.25, 0.3) is 0 Å². The van der Waals surface area contributed by atoms with Gasteiger partial charge in [0.1, 0.15) is 5.76 Å². The topological polar surface area (TPSA) is 52.0 Å². The first-order valence-corrected chi connectivity index (χ1v) is 4.97. The molecule has 0 bridgehead atoms. The summed E-state index contributed by atoms with van der Waals surface area (Å²) in [6, 6.07) is 2.03. The molecule has 0 aliphatic carbocycles. The fourth-order valence-corrected chi connectivity index (χ4v) is 1.49. The van der Waals surface area contributed by atoms with Gasteiger partial charge in [-0.25, -0.2) is 0 Å². The van der Waals surface area contributed by atoms with E-state index in [1.165, 1.54) is 0 Å². The van der Waals surface area contributed by atoms with Gasteiger partial charge in [-0.1, -0.05) is 19.0 Å². The van der Waals surface area contributed by atoms with Gasteiger partial charge >= 0.3 is 0 Å². The molecule has 0 atom stereocenters. The van der Waals surface area contributed by atoms with Crippen LogP contribution in [0.4, 0.5) is 0 Å². The molecule has 0 radical (unpaired) electrons. The van der Waals surface area contributed by atoms with E-state index in [2.05, 4.69) is 19.0 Å². The number of hydrogen-bond acceptors (Lipinski definition) is 3. The first kappa shape index (κ1) is 10.3. The molecule has 74 valence electrons. The predicted octanol–water partition coefficient (Wildman–Crippen LogP) is 2.08. The summed E-state index contributed by atoms with van der Waals surface area (Å²) >= 11 is 0. The van der Waals surface area contributed by atoms with Crippen LogP contribution in [0.5, 0.6) is 0 Å². The Hall–Kier alpha value is -0.830. The van der Waals surface area contributed by atoms with Gasteiger partial charge in [0.05, 0.1) is 5.69 Å². The predicted molar refractivity (Wildman–Crippen MR) is 52.6 cm³/mol. The minimum atomic E-state index is 0.537. The smallest absolute Gasteiger partial charge is 0.138 e. The standard InChI is InChI=1S/C10H18N2O/c1-3-8(4-2)10-7-9(5-6-11)13-12-10/h7-8H,3-6,11H2,1-2H3. The monoisotopic (exact) mass is 182 g/mol. The highest BCUT2D eigenvalue weighted by Crippen LogP contribution is 2.22. The van der Waals surface area contributed by atoms with E-state index < -0.39 is 0 Å². The quantitative estimate of drug-likeness (QED) is 0.758. The molecule has 1 aromatic heterocycles. The highest BCUT2D eigenvalue weighted by atomic mass is 16.5. The number of hydrogen-bond donors (Lipinski definition) is 1. The van der Waals surface area contributed by atoms with Gasteiger partial charge in [0.15, 0.2) is 0 Å². The van der Waals surface area contributed by atoms with Crippen molar-refractivity contribution >= 4 is 0 Å². The number of rotatable bonds is 5. The third kappa shape index (κ3) is 2.56. The minimum Gasteiger partial charge on any atom is -0.361 e. The lowest BCUT2D eigenvalue weighted by atomic mass is 9.99.